The lowest BCUT2D eigenvalue weighted by molar-refractivity contribution is -0.139. The van der Waals surface area contributed by atoms with E-state index in [-0.39, 0.29) is 39.1 Å². The largest absolute Gasteiger partial charge is 0.497 e. The zero-order valence-electron chi connectivity index (χ0n) is 22.8. The van der Waals surface area contributed by atoms with E-state index < -0.39 is 28.5 Å². The molecular formula is C29H33Cl2N3O5S. The van der Waals surface area contributed by atoms with Gasteiger partial charge in [-0.2, -0.15) is 0 Å². The van der Waals surface area contributed by atoms with E-state index in [0.717, 1.165) is 9.87 Å². The van der Waals surface area contributed by atoms with Crippen LogP contribution in [0, 0.1) is 0 Å². The third kappa shape index (κ3) is 7.68. The molecule has 0 aliphatic carbocycles. The first-order valence-corrected chi connectivity index (χ1v) is 14.9. The molecule has 40 heavy (non-hydrogen) atoms. The van der Waals surface area contributed by atoms with Gasteiger partial charge in [0, 0.05) is 12.6 Å². The Morgan fingerprint density at radius 1 is 0.950 bits per heavy atom. The number of carbonyl (C=O) groups is 2. The maximum atomic E-state index is 13.9. The summed E-state index contributed by atoms with van der Waals surface area (Å²) in [4.78, 5) is 28.4. The normalized spacial score (nSPS) is 12.8. The molecule has 0 radical (unpaired) electrons. The molecule has 2 amide bonds. The molecule has 0 spiro atoms. The highest BCUT2D eigenvalue weighted by atomic mass is 35.5. The lowest BCUT2D eigenvalue weighted by Crippen LogP contribution is -2.52. The fraction of sp³-hybridized carbons (Fsp3) is 0.310. The predicted molar refractivity (Wildman–Crippen MR) is 158 cm³/mol. The van der Waals surface area contributed by atoms with Crippen molar-refractivity contribution in [3.05, 3.63) is 88.4 Å². The van der Waals surface area contributed by atoms with Crippen molar-refractivity contribution in [2.75, 3.05) is 18.0 Å². The number of nitrogens with zero attached hydrogens (tertiary/aromatic N) is 2. The number of carbonyl (C=O) groups excluding carboxylic acids is 2. The van der Waals surface area contributed by atoms with Gasteiger partial charge in [0.25, 0.3) is 10.0 Å². The number of amides is 2. The van der Waals surface area contributed by atoms with E-state index in [1.807, 2.05) is 13.8 Å². The number of nitrogens with one attached hydrogen (secondary N) is 1. The average molecular weight is 607 g/mol. The standard InChI is InChI=1S/C29H33Cl2N3O5S/c1-5-20(2)32-29(36)21(3)33(18-22-11-14-24(39-4)15-12-22)28(35)19-34(23-13-16-26(30)27(31)17-23)40(37,38)25-9-7-6-8-10-25/h6-17,20-21H,5,18-19H2,1-4H3,(H,32,36)/t20-,21-/m0/s1. The van der Waals surface area contributed by atoms with Gasteiger partial charge in [-0.15, -0.1) is 0 Å². The van der Waals surface area contributed by atoms with Crippen LogP contribution in [0.5, 0.6) is 5.75 Å². The van der Waals surface area contributed by atoms with Crippen molar-refractivity contribution in [3.8, 4) is 5.75 Å². The molecule has 8 nitrogen and oxygen atoms in total. The summed E-state index contributed by atoms with van der Waals surface area (Å²) >= 11 is 12.3. The van der Waals surface area contributed by atoms with Gasteiger partial charge in [-0.05, 0) is 68.3 Å². The van der Waals surface area contributed by atoms with Crippen LogP contribution in [0.3, 0.4) is 0 Å². The topological polar surface area (TPSA) is 96.0 Å². The first-order valence-electron chi connectivity index (χ1n) is 12.7. The fourth-order valence-corrected chi connectivity index (χ4v) is 5.58. The third-order valence-corrected chi connectivity index (χ3v) is 9.01. The highest BCUT2D eigenvalue weighted by Gasteiger charge is 2.33. The number of hydrogen-bond acceptors (Lipinski definition) is 5. The second-order valence-corrected chi connectivity index (χ2v) is 12.0. The summed E-state index contributed by atoms with van der Waals surface area (Å²) in [5, 5.41) is 3.28. The van der Waals surface area contributed by atoms with Crippen molar-refractivity contribution in [1.29, 1.82) is 0 Å². The Bertz CT molecular complexity index is 1420. The van der Waals surface area contributed by atoms with E-state index in [0.29, 0.717) is 12.2 Å². The van der Waals surface area contributed by atoms with Crippen LogP contribution >= 0.6 is 23.2 Å². The maximum absolute atomic E-state index is 13.9. The summed E-state index contributed by atoms with van der Waals surface area (Å²) < 4.78 is 33.8. The Hall–Kier alpha value is -3.27. The zero-order chi connectivity index (χ0) is 29.4. The summed E-state index contributed by atoms with van der Waals surface area (Å²) in [7, 11) is -2.64. The number of methoxy groups -OCH3 is 1. The number of hydrogen-bond donors (Lipinski definition) is 1. The minimum absolute atomic E-state index is 0.00172. The monoisotopic (exact) mass is 605 g/mol. The van der Waals surface area contributed by atoms with Crippen LogP contribution in [-0.4, -0.2) is 50.9 Å². The molecule has 0 aliphatic rings. The zero-order valence-corrected chi connectivity index (χ0v) is 25.1. The lowest BCUT2D eigenvalue weighted by atomic mass is 10.1. The van der Waals surface area contributed by atoms with E-state index >= 15 is 0 Å². The molecule has 3 aromatic rings. The van der Waals surface area contributed by atoms with Crippen LogP contribution in [0.2, 0.25) is 10.0 Å². The molecule has 0 unspecified atom stereocenters. The molecule has 3 rings (SSSR count). The molecule has 0 aliphatic heterocycles. The van der Waals surface area contributed by atoms with Gasteiger partial charge < -0.3 is 15.0 Å². The summed E-state index contributed by atoms with van der Waals surface area (Å²) in [5.74, 6) is -0.277. The van der Waals surface area contributed by atoms with E-state index in [9.17, 15) is 18.0 Å². The van der Waals surface area contributed by atoms with E-state index in [1.54, 1.807) is 56.5 Å². The quantitative estimate of drug-likeness (QED) is 0.293. The van der Waals surface area contributed by atoms with Crippen LogP contribution in [0.1, 0.15) is 32.8 Å². The number of anilines is 1. The molecule has 0 aromatic heterocycles. The van der Waals surface area contributed by atoms with Crippen molar-refractivity contribution < 1.29 is 22.7 Å². The first-order chi connectivity index (χ1) is 19.0. The SMILES string of the molecule is CC[C@H](C)NC(=O)[C@H](C)N(Cc1ccc(OC)cc1)C(=O)CN(c1ccc(Cl)c(Cl)c1)S(=O)(=O)c1ccccc1. The van der Waals surface area contributed by atoms with Crippen LogP contribution in [-0.2, 0) is 26.2 Å². The summed E-state index contributed by atoms with van der Waals surface area (Å²) in [6.07, 6.45) is 0.714. The van der Waals surface area contributed by atoms with Gasteiger partial charge in [0.15, 0.2) is 0 Å². The summed E-state index contributed by atoms with van der Waals surface area (Å²) in [5.41, 5.74) is 0.900. The molecule has 2 atom stereocenters. The van der Waals surface area contributed by atoms with Gasteiger partial charge in [0.1, 0.15) is 18.3 Å². The van der Waals surface area contributed by atoms with Gasteiger partial charge in [0.05, 0.1) is 27.7 Å². The minimum Gasteiger partial charge on any atom is -0.497 e. The Kier molecular flexibility index (Phi) is 10.8. The molecule has 214 valence electrons. The van der Waals surface area contributed by atoms with Gasteiger partial charge in [-0.3, -0.25) is 13.9 Å². The van der Waals surface area contributed by atoms with Gasteiger partial charge in [0.2, 0.25) is 11.8 Å². The third-order valence-electron chi connectivity index (χ3n) is 6.48. The Balaban J connectivity index is 2.03. The van der Waals surface area contributed by atoms with Gasteiger partial charge in [-0.25, -0.2) is 8.42 Å². The summed E-state index contributed by atoms with van der Waals surface area (Å²) in [6.45, 7) is 4.93. The van der Waals surface area contributed by atoms with Crippen molar-refractivity contribution in [3.63, 3.8) is 0 Å². The van der Waals surface area contributed by atoms with Gasteiger partial charge >= 0.3 is 0 Å². The summed E-state index contributed by atoms with van der Waals surface area (Å²) in [6, 6.07) is 18.2. The Labute approximate surface area is 245 Å². The van der Waals surface area contributed by atoms with E-state index in [1.165, 1.54) is 35.2 Å². The molecule has 0 saturated heterocycles. The molecule has 0 heterocycles. The predicted octanol–water partition coefficient (Wildman–Crippen LogP) is 5.53. The second-order valence-electron chi connectivity index (χ2n) is 9.29. The first kappa shape index (κ1) is 31.3. The van der Waals surface area contributed by atoms with Crippen molar-refractivity contribution in [2.24, 2.45) is 0 Å². The second kappa shape index (κ2) is 13.9. The molecule has 11 heteroatoms. The molecular weight excluding hydrogens is 573 g/mol. The van der Waals surface area contributed by atoms with Crippen LogP contribution in [0.15, 0.2) is 77.7 Å². The molecule has 0 fully saturated rings. The Morgan fingerprint density at radius 3 is 2.17 bits per heavy atom. The highest BCUT2D eigenvalue weighted by Crippen LogP contribution is 2.31. The van der Waals surface area contributed by atoms with Crippen molar-refractivity contribution in [2.45, 2.75) is 50.7 Å². The number of ether oxygens (including phenoxy) is 1. The lowest BCUT2D eigenvalue weighted by Gasteiger charge is -2.32. The van der Waals surface area contributed by atoms with E-state index in [2.05, 4.69) is 5.32 Å². The molecule has 0 saturated carbocycles. The van der Waals surface area contributed by atoms with E-state index in [4.69, 9.17) is 27.9 Å². The van der Waals surface area contributed by atoms with Crippen LogP contribution < -0.4 is 14.4 Å². The highest BCUT2D eigenvalue weighted by molar-refractivity contribution is 7.92. The molecule has 0 bridgehead atoms. The smallest absolute Gasteiger partial charge is 0.264 e. The van der Waals surface area contributed by atoms with Gasteiger partial charge in [-0.1, -0.05) is 60.5 Å². The number of rotatable bonds is 12. The average Bonchev–Trinajstić information content (AvgIpc) is 2.96. The maximum Gasteiger partial charge on any atom is 0.264 e. The van der Waals surface area contributed by atoms with Crippen LogP contribution in [0.25, 0.3) is 0 Å². The fourth-order valence-electron chi connectivity index (χ4n) is 3.86. The number of sulfonamides is 1. The van der Waals surface area contributed by atoms with Crippen LogP contribution in [0.4, 0.5) is 5.69 Å². The Morgan fingerprint density at radius 2 is 1.60 bits per heavy atom. The molecule has 3 aromatic carbocycles. The number of halogens is 2. The van der Waals surface area contributed by atoms with Crippen molar-refractivity contribution in [1.82, 2.24) is 10.2 Å². The minimum atomic E-state index is -4.20. The van der Waals surface area contributed by atoms with Crippen molar-refractivity contribution >= 4 is 50.7 Å². The number of benzene rings is 3. The molecule has 1 N–H and O–H groups in total.